The quantitative estimate of drug-likeness (QED) is 0.0391. The van der Waals surface area contributed by atoms with Gasteiger partial charge in [0.05, 0.1) is 100 Å². The molecule has 692 valence electrons. The summed E-state index contributed by atoms with van der Waals surface area (Å²) < 4.78 is 36.0. The van der Waals surface area contributed by atoms with Gasteiger partial charge in [-0.15, -0.1) is 0 Å². The van der Waals surface area contributed by atoms with E-state index in [9.17, 15) is 28.0 Å². The Bertz CT molecular complexity index is 6020. The fourth-order valence-corrected chi connectivity index (χ4v) is 18.9. The van der Waals surface area contributed by atoms with Crippen molar-refractivity contribution < 1.29 is 28.0 Å². The van der Waals surface area contributed by atoms with E-state index in [1.165, 1.54) is 69.6 Å². The highest BCUT2D eigenvalue weighted by atomic mass is 35.5. The summed E-state index contributed by atoms with van der Waals surface area (Å²) in [6, 6.07) is 26.4. The van der Waals surface area contributed by atoms with E-state index in [1.807, 2.05) is 85.9 Å². The number of carbonyl (C=O) groups is 4. The van der Waals surface area contributed by atoms with E-state index in [0.29, 0.717) is 102 Å². The van der Waals surface area contributed by atoms with Crippen LogP contribution in [0.4, 0.5) is 75.0 Å². The highest BCUT2D eigenvalue weighted by Gasteiger charge is 2.52. The summed E-state index contributed by atoms with van der Waals surface area (Å²) in [5, 5.41) is 14.6. The van der Waals surface area contributed by atoms with E-state index in [0.717, 1.165) is 104 Å². The van der Waals surface area contributed by atoms with Crippen molar-refractivity contribution >= 4 is 82.8 Å². The van der Waals surface area contributed by atoms with Crippen LogP contribution in [0.5, 0.6) is 0 Å². The van der Waals surface area contributed by atoms with Crippen LogP contribution in [-0.4, -0.2) is 200 Å². The van der Waals surface area contributed by atoms with Crippen LogP contribution in [0, 0.1) is 48.1 Å². The van der Waals surface area contributed by atoms with Gasteiger partial charge in [0.25, 0.3) is 0 Å². The maximum Gasteiger partial charge on any atom is 0.325 e. The van der Waals surface area contributed by atoms with Gasteiger partial charge in [0.2, 0.25) is 23.8 Å². The Labute approximate surface area is 773 Å². The zero-order valence-electron chi connectivity index (χ0n) is 77.4. The van der Waals surface area contributed by atoms with Gasteiger partial charge in [-0.3, -0.25) is 19.6 Å². The number of hydrogen-bond acceptors (Lipinski definition) is 20. The number of nitrogens with zero attached hydrogens (tertiary/aromatic N) is 24. The molecule has 11 aromatic rings. The summed E-state index contributed by atoms with van der Waals surface area (Å²) in [5.74, 6) is 6.05. The zero-order chi connectivity index (χ0) is 92.4. The molecule has 10 aliphatic rings. The summed E-state index contributed by atoms with van der Waals surface area (Å²) in [7, 11) is 7.31. The van der Waals surface area contributed by atoms with Gasteiger partial charge in [0.1, 0.15) is 34.9 Å². The van der Waals surface area contributed by atoms with Crippen molar-refractivity contribution in [3.63, 3.8) is 0 Å². The van der Waals surface area contributed by atoms with E-state index in [-0.39, 0.29) is 76.4 Å². The van der Waals surface area contributed by atoms with Crippen molar-refractivity contribution in [3.05, 3.63) is 210 Å². The lowest BCUT2D eigenvalue weighted by molar-refractivity contribution is 0.228. The average molecular weight is 1810 g/mol. The lowest BCUT2D eigenvalue weighted by Gasteiger charge is -2.25. The Morgan fingerprint density at radius 2 is 0.720 bits per heavy atom. The van der Waals surface area contributed by atoms with Crippen molar-refractivity contribution in [3.8, 4) is 17.1 Å². The molecule has 21 rings (SSSR count). The molecule has 3 aromatic carbocycles. The molecule has 4 N–H and O–H groups in total. The average Bonchev–Trinajstić information content (AvgIpc) is 1.60. The number of imidazole rings is 4. The maximum absolute atomic E-state index is 14.0. The van der Waals surface area contributed by atoms with Crippen molar-refractivity contribution in [1.29, 1.82) is 0 Å². The summed E-state index contributed by atoms with van der Waals surface area (Å²) in [4.78, 5) is 120. The second kappa shape index (κ2) is 36.4. The number of benzene rings is 3. The number of halogens is 3. The first-order valence-corrected chi connectivity index (χ1v) is 46.9. The van der Waals surface area contributed by atoms with Crippen LogP contribution in [0.25, 0.3) is 17.1 Å². The SMILES string of the molecule is CC(C)[C@H]1CN(C)C(=O)N1c1ccnc(NC2(c3cn(-c4cccc(C5CC5)c4)cn3)CC2)n1.CC(C)[C@H]1CN(C)C(=O)N1c1ccnc(NC2(c3cn(-c4cccc(Cl)c4)cn3)CC2)n1.CC(C)[C@H]1CN(C)C(=O)N1c1ccnc(NC2(c3cn(CC4CCCCC4)cn3)CC2)n1.Cc1c(F)cc(-n2cnc(C3(Nc4nccc(N5C(=O)N(C)C[C@@H]5C(C)C)n4)CC3)c2)cc1F. The lowest BCUT2D eigenvalue weighted by Crippen LogP contribution is -2.38. The third kappa shape index (κ3) is 18.8. The second-order valence-electron chi connectivity index (χ2n) is 39.0. The molecule has 8 aromatic heterocycles. The largest absolute Gasteiger partial charge is 0.343 e. The maximum atomic E-state index is 14.0. The van der Waals surface area contributed by atoms with Gasteiger partial charge < -0.3 is 59.1 Å². The number of nitrogens with one attached hydrogen (secondary N) is 4. The van der Waals surface area contributed by atoms with Crippen molar-refractivity contribution in [2.24, 2.45) is 29.6 Å². The molecule has 6 aliphatic carbocycles. The molecule has 8 amide bonds. The molecule has 12 heterocycles. The van der Waals surface area contributed by atoms with Gasteiger partial charge in [-0.25, -0.2) is 67.8 Å². The Morgan fingerprint density at radius 1 is 0.394 bits per heavy atom. The molecule has 0 bridgehead atoms. The third-order valence-electron chi connectivity index (χ3n) is 27.8. The Morgan fingerprint density at radius 3 is 1.05 bits per heavy atom. The van der Waals surface area contributed by atoms with E-state index in [4.69, 9.17) is 36.5 Å². The molecule has 0 unspecified atom stereocenters. The minimum Gasteiger partial charge on any atom is -0.343 e. The molecule has 4 atom stereocenters. The van der Waals surface area contributed by atoms with Gasteiger partial charge >= 0.3 is 24.1 Å². The molecule has 6 saturated carbocycles. The number of urea groups is 4. The lowest BCUT2D eigenvalue weighted by atomic mass is 9.89. The number of rotatable bonds is 26. The van der Waals surface area contributed by atoms with Crippen LogP contribution in [0.3, 0.4) is 0 Å². The molecule has 0 radical (unpaired) electrons. The third-order valence-corrected chi connectivity index (χ3v) is 28.0. The number of amides is 8. The zero-order valence-corrected chi connectivity index (χ0v) is 78.2. The normalized spacial score (nSPS) is 20.9. The summed E-state index contributed by atoms with van der Waals surface area (Å²) >= 11 is 6.14. The number of aromatic nitrogens is 16. The number of hydrogen-bond donors (Lipinski definition) is 4. The fraction of sp³-hybridized carbons (Fsp3) is 0.485. The van der Waals surface area contributed by atoms with Crippen LogP contribution in [0.15, 0.2) is 160 Å². The van der Waals surface area contributed by atoms with Crippen LogP contribution < -0.4 is 40.9 Å². The topological polar surface area (TPSA) is 317 Å². The molecule has 132 heavy (non-hydrogen) atoms. The number of carbonyl (C=O) groups excluding carboxylic acids is 4. The van der Waals surface area contributed by atoms with Gasteiger partial charge in [0.15, 0.2) is 0 Å². The standard InChI is InChI=1S/C26H31N7O.C24H27F2N7O.C24H35N7O.C23H26ClN7O/c1-17(2)21-14-31(3)25(34)33(21)23-9-12-27-24(29-23)30-26(10-11-26)22-15-32(16-28-22)20-6-4-5-19(13-20)18-7-8-18;1-14(2)19-11-31(4)23(34)33(19)21-5-8-27-22(29-21)30-24(6-7-24)20-12-32(13-28-20)16-9-17(25)15(3)18(26)10-16;1-17(2)19-14-29(3)23(32)31(19)21-9-12-25-22(27-21)28-24(10-11-24)20-15-30(16-26-20)13-18-7-5-4-6-8-18;1-15(2)18-12-29(3)22(32)31(18)20-7-10-25-21(27-20)28-23(8-9-23)19-13-30(14-26-19)17-6-4-5-16(24)11-17/h4-6,9,12-13,15-18,21H,7-8,10-11,14H2,1-3H3,(H,27,29,30);5,8-10,12-14,19H,6-7,11H2,1-4H3,(H,27,29,30);9,12,15-19H,4-8,10-11,13-14H2,1-3H3,(H,25,27,28);4-7,10-11,13-15,18H,8-9,12H2,1-3H3,(H,25,27,28)/t21-;2*19-;18-/m1111/s1. The van der Waals surface area contributed by atoms with E-state index in [1.54, 1.807) is 102 Å². The number of anilines is 8. The minimum atomic E-state index is -0.600. The Balaban J connectivity index is 0.000000118. The summed E-state index contributed by atoms with van der Waals surface area (Å²) in [5.41, 5.74) is 6.39. The molecule has 32 nitrogen and oxygen atoms in total. The van der Waals surface area contributed by atoms with Gasteiger partial charge in [0, 0.05) is 132 Å². The summed E-state index contributed by atoms with van der Waals surface area (Å²) in [6.07, 6.45) is 39.0. The molecule has 35 heteroatoms. The van der Waals surface area contributed by atoms with Crippen molar-refractivity contribution in [1.82, 2.24) is 97.7 Å². The first kappa shape index (κ1) is 89.8. The van der Waals surface area contributed by atoms with E-state index >= 15 is 0 Å². The van der Waals surface area contributed by atoms with Gasteiger partial charge in [-0.1, -0.05) is 104 Å². The Hall–Kier alpha value is -12.8. The van der Waals surface area contributed by atoms with Crippen molar-refractivity contribution in [2.45, 2.75) is 217 Å². The first-order valence-electron chi connectivity index (χ1n) is 46.5. The predicted octanol–water partition coefficient (Wildman–Crippen LogP) is 17.3. The fourth-order valence-electron chi connectivity index (χ4n) is 18.8. The van der Waals surface area contributed by atoms with Crippen LogP contribution in [-0.2, 0) is 28.7 Å². The monoisotopic (exact) mass is 1810 g/mol. The van der Waals surface area contributed by atoms with Crippen LogP contribution >= 0.6 is 11.6 Å². The second-order valence-corrected chi connectivity index (χ2v) is 39.4. The minimum absolute atomic E-state index is 0.00376. The van der Waals surface area contributed by atoms with E-state index in [2.05, 4.69) is 157 Å². The molecule has 10 fully saturated rings. The first-order chi connectivity index (χ1) is 63.4. The van der Waals surface area contributed by atoms with Crippen LogP contribution in [0.1, 0.15) is 192 Å². The molecular weight excluding hydrogens is 1690 g/mol. The Kier molecular flexibility index (Phi) is 24.8. The molecule has 4 saturated heterocycles. The van der Waals surface area contributed by atoms with Gasteiger partial charge in [-0.2, -0.15) is 19.9 Å². The highest BCUT2D eigenvalue weighted by molar-refractivity contribution is 6.30. The highest BCUT2D eigenvalue weighted by Crippen LogP contribution is 2.52. The molecule has 4 aliphatic heterocycles. The van der Waals surface area contributed by atoms with Crippen LogP contribution in [0.2, 0.25) is 5.02 Å². The van der Waals surface area contributed by atoms with E-state index < -0.39 is 17.2 Å². The predicted molar refractivity (Wildman–Crippen MR) is 504 cm³/mol. The molecule has 0 spiro atoms. The number of likely N-dealkylation sites (N-methyl/N-ethyl adjacent to an activating group) is 4. The summed E-state index contributed by atoms with van der Waals surface area (Å²) in [6.45, 7) is 22.2. The van der Waals surface area contributed by atoms with Crippen molar-refractivity contribution in [2.75, 3.05) is 95.2 Å². The van der Waals surface area contributed by atoms with Gasteiger partial charge in [-0.05, 0) is 192 Å². The molecular formula is C97H119ClF2N28O4. The smallest absolute Gasteiger partial charge is 0.325 e.